The second-order valence-electron chi connectivity index (χ2n) is 4.38. The molecule has 0 saturated carbocycles. The van der Waals surface area contributed by atoms with Gasteiger partial charge in [-0.25, -0.2) is 0 Å². The molecule has 0 atom stereocenters. The van der Waals surface area contributed by atoms with Gasteiger partial charge >= 0.3 is 0 Å². The molecular weight excluding hydrogens is 238 g/mol. The Morgan fingerprint density at radius 3 is 2.89 bits per heavy atom. The summed E-state index contributed by atoms with van der Waals surface area (Å²) in [6.07, 6.45) is 3.66. The van der Waals surface area contributed by atoms with Gasteiger partial charge < -0.3 is 15.8 Å². The summed E-state index contributed by atoms with van der Waals surface area (Å²) in [6.45, 7) is 5.38. The lowest BCUT2D eigenvalue weighted by atomic mass is 10.1. The van der Waals surface area contributed by atoms with Crippen LogP contribution in [0.15, 0.2) is 36.7 Å². The summed E-state index contributed by atoms with van der Waals surface area (Å²) in [5, 5.41) is 3.35. The normalized spacial score (nSPS) is 10.2. The molecule has 0 radical (unpaired) electrons. The van der Waals surface area contributed by atoms with E-state index in [0.29, 0.717) is 12.3 Å². The molecule has 19 heavy (non-hydrogen) atoms. The maximum absolute atomic E-state index is 5.86. The van der Waals surface area contributed by atoms with Gasteiger partial charge in [0.05, 0.1) is 6.61 Å². The maximum atomic E-state index is 5.86. The molecular formula is C15H19N3O. The highest BCUT2D eigenvalue weighted by Crippen LogP contribution is 2.23. The van der Waals surface area contributed by atoms with Gasteiger partial charge in [0.2, 0.25) is 0 Å². The Kier molecular flexibility index (Phi) is 4.23. The molecule has 0 amide bonds. The first-order chi connectivity index (χ1) is 9.19. The van der Waals surface area contributed by atoms with E-state index >= 15 is 0 Å². The van der Waals surface area contributed by atoms with Gasteiger partial charge in [-0.2, -0.15) is 0 Å². The van der Waals surface area contributed by atoms with Crippen molar-refractivity contribution in [2.75, 3.05) is 17.7 Å². The van der Waals surface area contributed by atoms with Crippen LogP contribution in [0.2, 0.25) is 0 Å². The molecule has 2 aromatic rings. The molecule has 2 rings (SSSR count). The van der Waals surface area contributed by atoms with Crippen LogP contribution in [0.1, 0.15) is 18.1 Å². The first-order valence-electron chi connectivity index (χ1n) is 6.35. The monoisotopic (exact) mass is 257 g/mol. The lowest BCUT2D eigenvalue weighted by Gasteiger charge is -2.11. The van der Waals surface area contributed by atoms with Crippen molar-refractivity contribution >= 4 is 11.4 Å². The van der Waals surface area contributed by atoms with Crippen molar-refractivity contribution in [3.63, 3.8) is 0 Å². The summed E-state index contributed by atoms with van der Waals surface area (Å²) in [5.41, 5.74) is 9.90. The van der Waals surface area contributed by atoms with E-state index in [2.05, 4.69) is 17.2 Å². The zero-order chi connectivity index (χ0) is 13.7. The van der Waals surface area contributed by atoms with Crippen LogP contribution in [-0.2, 0) is 6.54 Å². The Hall–Kier alpha value is -2.23. The second kappa shape index (κ2) is 6.09. The van der Waals surface area contributed by atoms with E-state index in [0.717, 1.165) is 18.0 Å². The van der Waals surface area contributed by atoms with Gasteiger partial charge in [0.25, 0.3) is 0 Å². The van der Waals surface area contributed by atoms with E-state index in [9.17, 15) is 0 Å². The molecule has 4 heteroatoms. The van der Waals surface area contributed by atoms with Gasteiger partial charge in [-0.3, -0.25) is 4.98 Å². The largest absolute Gasteiger partial charge is 0.494 e. The number of benzene rings is 1. The Bertz CT molecular complexity index is 555. The average molecular weight is 257 g/mol. The summed E-state index contributed by atoms with van der Waals surface area (Å²) < 4.78 is 5.47. The van der Waals surface area contributed by atoms with Crippen LogP contribution < -0.4 is 15.8 Å². The molecule has 0 saturated heterocycles. The summed E-state index contributed by atoms with van der Waals surface area (Å²) in [7, 11) is 0. The van der Waals surface area contributed by atoms with Crippen LogP contribution in [-0.4, -0.2) is 11.6 Å². The van der Waals surface area contributed by atoms with Crippen LogP contribution in [0.25, 0.3) is 0 Å². The first kappa shape index (κ1) is 13.2. The average Bonchev–Trinajstić information content (AvgIpc) is 2.37. The number of nitrogen functional groups attached to an aromatic ring is 1. The predicted octanol–water partition coefficient (Wildman–Crippen LogP) is 2.98. The summed E-state index contributed by atoms with van der Waals surface area (Å²) >= 11 is 0. The van der Waals surface area contributed by atoms with E-state index in [1.54, 1.807) is 6.20 Å². The first-order valence-corrected chi connectivity index (χ1v) is 6.35. The molecule has 0 spiro atoms. The van der Waals surface area contributed by atoms with E-state index < -0.39 is 0 Å². The lowest BCUT2D eigenvalue weighted by molar-refractivity contribution is 0.340. The highest BCUT2D eigenvalue weighted by Gasteiger charge is 2.01. The topological polar surface area (TPSA) is 60.2 Å². The van der Waals surface area contributed by atoms with Gasteiger partial charge in [-0.1, -0.05) is 0 Å². The van der Waals surface area contributed by atoms with Crippen molar-refractivity contribution in [3.05, 3.63) is 47.8 Å². The minimum Gasteiger partial charge on any atom is -0.494 e. The van der Waals surface area contributed by atoms with Gasteiger partial charge in [-0.05, 0) is 37.1 Å². The van der Waals surface area contributed by atoms with E-state index in [4.69, 9.17) is 10.5 Å². The van der Waals surface area contributed by atoms with Gasteiger partial charge in [0.1, 0.15) is 5.75 Å². The van der Waals surface area contributed by atoms with Crippen molar-refractivity contribution < 1.29 is 4.74 Å². The third kappa shape index (κ3) is 3.61. The third-order valence-corrected chi connectivity index (χ3v) is 2.86. The standard InChI is InChI=1S/C15H19N3O/c1-3-19-15-7-13(16)6-14(8-15)18-10-12-4-5-17-9-11(12)2/h4-9,18H,3,10,16H2,1-2H3. The van der Waals surface area contributed by atoms with Gasteiger partial charge in [0.15, 0.2) is 0 Å². The molecule has 0 aliphatic heterocycles. The molecule has 3 N–H and O–H groups in total. The van der Waals surface area contributed by atoms with Crippen LogP contribution >= 0.6 is 0 Å². The smallest absolute Gasteiger partial charge is 0.123 e. The predicted molar refractivity (Wildman–Crippen MR) is 78.3 cm³/mol. The minimum absolute atomic E-state index is 0.631. The zero-order valence-electron chi connectivity index (χ0n) is 11.3. The number of pyridine rings is 1. The second-order valence-corrected chi connectivity index (χ2v) is 4.38. The molecule has 1 aromatic heterocycles. The van der Waals surface area contributed by atoms with E-state index in [1.807, 2.05) is 37.4 Å². The molecule has 0 bridgehead atoms. The van der Waals surface area contributed by atoms with Crippen LogP contribution in [0, 0.1) is 6.92 Å². The minimum atomic E-state index is 0.631. The molecule has 0 aliphatic carbocycles. The summed E-state index contributed by atoms with van der Waals surface area (Å²) in [6, 6.07) is 7.69. The van der Waals surface area contributed by atoms with E-state index in [1.165, 1.54) is 11.1 Å². The number of hydrogen-bond donors (Lipinski definition) is 2. The molecule has 0 fully saturated rings. The fourth-order valence-corrected chi connectivity index (χ4v) is 1.87. The zero-order valence-corrected chi connectivity index (χ0v) is 11.3. The molecule has 1 aromatic carbocycles. The fraction of sp³-hybridized carbons (Fsp3) is 0.267. The fourth-order valence-electron chi connectivity index (χ4n) is 1.87. The van der Waals surface area contributed by atoms with Crippen LogP contribution in [0.3, 0.4) is 0 Å². The van der Waals surface area contributed by atoms with E-state index in [-0.39, 0.29) is 0 Å². The molecule has 4 nitrogen and oxygen atoms in total. The number of nitrogens with one attached hydrogen (secondary N) is 1. The summed E-state index contributed by atoms with van der Waals surface area (Å²) in [5.74, 6) is 0.788. The summed E-state index contributed by atoms with van der Waals surface area (Å²) in [4.78, 5) is 4.08. The van der Waals surface area contributed by atoms with Crippen molar-refractivity contribution in [3.8, 4) is 5.75 Å². The molecule has 1 heterocycles. The number of ether oxygens (including phenoxy) is 1. The Morgan fingerprint density at radius 2 is 2.16 bits per heavy atom. The van der Waals surface area contributed by atoms with Crippen molar-refractivity contribution in [1.29, 1.82) is 0 Å². The highest BCUT2D eigenvalue weighted by atomic mass is 16.5. The van der Waals surface area contributed by atoms with Crippen LogP contribution in [0.5, 0.6) is 5.75 Å². The third-order valence-electron chi connectivity index (χ3n) is 2.86. The Balaban J connectivity index is 2.09. The molecule has 100 valence electrons. The maximum Gasteiger partial charge on any atom is 0.123 e. The molecule has 0 aliphatic rings. The number of rotatable bonds is 5. The SMILES string of the molecule is CCOc1cc(N)cc(NCc2ccncc2C)c1. The Labute approximate surface area is 113 Å². The number of anilines is 2. The van der Waals surface area contributed by atoms with Gasteiger partial charge in [-0.15, -0.1) is 0 Å². The van der Waals surface area contributed by atoms with Crippen molar-refractivity contribution in [2.45, 2.75) is 20.4 Å². The Morgan fingerprint density at radius 1 is 1.32 bits per heavy atom. The van der Waals surface area contributed by atoms with Gasteiger partial charge in [0, 0.05) is 42.4 Å². The highest BCUT2D eigenvalue weighted by molar-refractivity contribution is 5.59. The lowest BCUT2D eigenvalue weighted by Crippen LogP contribution is -2.03. The molecule has 0 unspecified atom stereocenters. The number of aromatic nitrogens is 1. The number of hydrogen-bond acceptors (Lipinski definition) is 4. The van der Waals surface area contributed by atoms with Crippen molar-refractivity contribution in [2.24, 2.45) is 0 Å². The van der Waals surface area contributed by atoms with Crippen molar-refractivity contribution in [1.82, 2.24) is 4.98 Å². The quantitative estimate of drug-likeness (QED) is 0.808. The van der Waals surface area contributed by atoms with Crippen LogP contribution in [0.4, 0.5) is 11.4 Å². The number of nitrogens with two attached hydrogens (primary N) is 1. The number of nitrogens with zero attached hydrogens (tertiary/aromatic N) is 1. The number of aryl methyl sites for hydroxylation is 1.